The summed E-state index contributed by atoms with van der Waals surface area (Å²) >= 11 is 12.8. The van der Waals surface area contributed by atoms with Gasteiger partial charge in [-0.2, -0.15) is 4.98 Å². The molecule has 0 bridgehead atoms. The third-order valence-corrected chi connectivity index (χ3v) is 3.52. The topological polar surface area (TPSA) is 35.0 Å². The first kappa shape index (κ1) is 14.8. The molecule has 19 heavy (non-hydrogen) atoms. The Hall–Kier alpha value is -0.650. The molecule has 0 saturated heterocycles. The minimum Gasteiger partial charge on any atom is -0.437 e. The SMILES string of the molecule is CC(C)c1nc(Br)cc(Oc2cc(Br)ccc2Cl)n1. The molecule has 0 amide bonds. The molecule has 0 aliphatic carbocycles. The molecule has 2 aromatic rings. The van der Waals surface area contributed by atoms with Crippen LogP contribution in [0.3, 0.4) is 0 Å². The molecular formula is C13H11Br2ClN2O. The van der Waals surface area contributed by atoms with E-state index in [9.17, 15) is 0 Å². The average Bonchev–Trinajstić information content (AvgIpc) is 2.33. The zero-order valence-electron chi connectivity index (χ0n) is 10.3. The molecule has 0 spiro atoms. The van der Waals surface area contributed by atoms with Crippen molar-refractivity contribution in [3.05, 3.63) is 44.2 Å². The lowest BCUT2D eigenvalue weighted by Gasteiger charge is -2.10. The minimum absolute atomic E-state index is 0.220. The lowest BCUT2D eigenvalue weighted by molar-refractivity contribution is 0.456. The Kier molecular flexibility index (Phi) is 4.81. The number of halogens is 3. The van der Waals surface area contributed by atoms with Gasteiger partial charge in [0.2, 0.25) is 5.88 Å². The van der Waals surface area contributed by atoms with Crippen molar-refractivity contribution in [1.82, 2.24) is 9.97 Å². The van der Waals surface area contributed by atoms with E-state index in [4.69, 9.17) is 16.3 Å². The van der Waals surface area contributed by atoms with E-state index in [1.165, 1.54) is 0 Å². The monoisotopic (exact) mass is 404 g/mol. The van der Waals surface area contributed by atoms with Crippen molar-refractivity contribution in [2.24, 2.45) is 0 Å². The maximum atomic E-state index is 6.09. The first-order valence-electron chi connectivity index (χ1n) is 5.63. The third-order valence-electron chi connectivity index (χ3n) is 2.31. The van der Waals surface area contributed by atoms with E-state index in [1.54, 1.807) is 18.2 Å². The van der Waals surface area contributed by atoms with Crippen LogP contribution in [0.4, 0.5) is 0 Å². The van der Waals surface area contributed by atoms with Crippen LogP contribution in [0.15, 0.2) is 33.3 Å². The Morgan fingerprint density at radius 2 is 1.89 bits per heavy atom. The van der Waals surface area contributed by atoms with Crippen LogP contribution >= 0.6 is 43.5 Å². The van der Waals surface area contributed by atoms with Crippen molar-refractivity contribution in [1.29, 1.82) is 0 Å². The van der Waals surface area contributed by atoms with Gasteiger partial charge >= 0.3 is 0 Å². The number of benzene rings is 1. The maximum absolute atomic E-state index is 6.09. The van der Waals surface area contributed by atoms with Crippen molar-refractivity contribution >= 4 is 43.5 Å². The van der Waals surface area contributed by atoms with Crippen molar-refractivity contribution < 1.29 is 4.74 Å². The second kappa shape index (κ2) is 6.20. The van der Waals surface area contributed by atoms with Gasteiger partial charge in [-0.15, -0.1) is 0 Å². The summed E-state index contributed by atoms with van der Waals surface area (Å²) in [7, 11) is 0. The van der Waals surface area contributed by atoms with Gasteiger partial charge in [0, 0.05) is 16.5 Å². The summed E-state index contributed by atoms with van der Waals surface area (Å²) in [5, 5.41) is 0.532. The second-order valence-electron chi connectivity index (χ2n) is 4.22. The lowest BCUT2D eigenvalue weighted by Crippen LogP contribution is -2.00. The molecule has 0 aliphatic rings. The van der Waals surface area contributed by atoms with Crippen molar-refractivity contribution in [3.8, 4) is 11.6 Å². The quantitative estimate of drug-likeness (QED) is 0.625. The van der Waals surface area contributed by atoms with Gasteiger partial charge in [0.25, 0.3) is 0 Å². The normalized spacial score (nSPS) is 10.8. The fourth-order valence-corrected chi connectivity index (χ4v) is 2.27. The van der Waals surface area contributed by atoms with Crippen LogP contribution in [0.25, 0.3) is 0 Å². The highest BCUT2D eigenvalue weighted by molar-refractivity contribution is 9.10. The van der Waals surface area contributed by atoms with E-state index < -0.39 is 0 Å². The molecule has 0 saturated carbocycles. The van der Waals surface area contributed by atoms with Gasteiger partial charge in [-0.3, -0.25) is 0 Å². The Morgan fingerprint density at radius 3 is 2.58 bits per heavy atom. The van der Waals surface area contributed by atoms with Gasteiger partial charge in [-0.25, -0.2) is 4.98 Å². The summed E-state index contributed by atoms with van der Waals surface area (Å²) in [6.07, 6.45) is 0. The smallest absolute Gasteiger partial charge is 0.223 e. The summed E-state index contributed by atoms with van der Waals surface area (Å²) in [6, 6.07) is 7.13. The predicted octanol–water partition coefficient (Wildman–Crippen LogP) is 5.57. The van der Waals surface area contributed by atoms with E-state index in [1.807, 2.05) is 19.9 Å². The van der Waals surface area contributed by atoms with Crippen LogP contribution < -0.4 is 4.74 Å². The Labute approximate surface area is 133 Å². The molecule has 0 radical (unpaired) electrons. The zero-order chi connectivity index (χ0) is 14.0. The molecule has 0 unspecified atom stereocenters. The molecule has 3 nitrogen and oxygen atoms in total. The van der Waals surface area contributed by atoms with Crippen molar-refractivity contribution in [3.63, 3.8) is 0 Å². The number of hydrogen-bond acceptors (Lipinski definition) is 3. The van der Waals surface area contributed by atoms with E-state index >= 15 is 0 Å². The molecule has 100 valence electrons. The Bertz CT molecular complexity index is 605. The van der Waals surface area contributed by atoms with Crippen LogP contribution in [0.2, 0.25) is 5.02 Å². The van der Waals surface area contributed by atoms with Gasteiger partial charge in [0.1, 0.15) is 16.2 Å². The van der Waals surface area contributed by atoms with Gasteiger partial charge in [0.15, 0.2) is 0 Å². The second-order valence-corrected chi connectivity index (χ2v) is 6.35. The third kappa shape index (κ3) is 3.91. The summed E-state index contributed by atoms with van der Waals surface area (Å²) in [5.74, 6) is 1.95. The fourth-order valence-electron chi connectivity index (χ4n) is 1.39. The van der Waals surface area contributed by atoms with E-state index in [2.05, 4.69) is 41.8 Å². The van der Waals surface area contributed by atoms with Gasteiger partial charge in [0.05, 0.1) is 5.02 Å². The standard InChI is InChI=1S/C13H11Br2ClN2O/c1-7(2)13-17-11(15)6-12(18-13)19-10-5-8(14)3-4-9(10)16/h3-7H,1-2H3. The highest BCUT2D eigenvalue weighted by Gasteiger charge is 2.10. The first-order chi connectivity index (χ1) is 8.95. The van der Waals surface area contributed by atoms with Crippen LogP contribution in [-0.4, -0.2) is 9.97 Å². The number of rotatable bonds is 3. The van der Waals surface area contributed by atoms with E-state index in [0.29, 0.717) is 21.3 Å². The Morgan fingerprint density at radius 1 is 1.16 bits per heavy atom. The Balaban J connectivity index is 2.35. The minimum atomic E-state index is 0.220. The highest BCUT2D eigenvalue weighted by Crippen LogP contribution is 2.32. The summed E-state index contributed by atoms with van der Waals surface area (Å²) < 4.78 is 7.30. The highest BCUT2D eigenvalue weighted by atomic mass is 79.9. The lowest BCUT2D eigenvalue weighted by atomic mass is 10.2. The number of nitrogens with zero attached hydrogens (tertiary/aromatic N) is 2. The molecule has 0 aliphatic heterocycles. The van der Waals surface area contributed by atoms with Crippen LogP contribution in [0.1, 0.15) is 25.6 Å². The molecule has 0 fully saturated rings. The summed E-state index contributed by atoms with van der Waals surface area (Å²) in [5.41, 5.74) is 0. The average molecular weight is 407 g/mol. The zero-order valence-corrected chi connectivity index (χ0v) is 14.3. The van der Waals surface area contributed by atoms with Crippen LogP contribution in [0, 0.1) is 0 Å². The molecule has 6 heteroatoms. The number of aromatic nitrogens is 2. The summed E-state index contributed by atoms with van der Waals surface area (Å²) in [4.78, 5) is 8.66. The van der Waals surface area contributed by atoms with Crippen molar-refractivity contribution in [2.75, 3.05) is 0 Å². The summed E-state index contributed by atoms with van der Waals surface area (Å²) in [6.45, 7) is 4.05. The number of hydrogen-bond donors (Lipinski definition) is 0. The maximum Gasteiger partial charge on any atom is 0.223 e. The van der Waals surface area contributed by atoms with E-state index in [-0.39, 0.29) is 5.92 Å². The molecule has 0 N–H and O–H groups in total. The van der Waals surface area contributed by atoms with Crippen molar-refractivity contribution in [2.45, 2.75) is 19.8 Å². The first-order valence-corrected chi connectivity index (χ1v) is 7.59. The van der Waals surface area contributed by atoms with Crippen LogP contribution in [-0.2, 0) is 0 Å². The van der Waals surface area contributed by atoms with Gasteiger partial charge in [-0.05, 0) is 34.1 Å². The molecule has 1 heterocycles. The molecule has 1 aromatic carbocycles. The fraction of sp³-hybridized carbons (Fsp3) is 0.231. The van der Waals surface area contributed by atoms with E-state index in [0.717, 1.165) is 10.3 Å². The van der Waals surface area contributed by atoms with Gasteiger partial charge in [-0.1, -0.05) is 41.4 Å². The molecular weight excluding hydrogens is 395 g/mol. The predicted molar refractivity (Wildman–Crippen MR) is 83.0 cm³/mol. The molecule has 0 atom stereocenters. The molecule has 2 rings (SSSR count). The van der Waals surface area contributed by atoms with Gasteiger partial charge < -0.3 is 4.74 Å². The van der Waals surface area contributed by atoms with Crippen LogP contribution in [0.5, 0.6) is 11.6 Å². The largest absolute Gasteiger partial charge is 0.437 e. The number of ether oxygens (including phenoxy) is 1. The molecule has 1 aromatic heterocycles.